The minimum atomic E-state index is -0.256. The molecule has 0 radical (unpaired) electrons. The summed E-state index contributed by atoms with van der Waals surface area (Å²) in [5, 5.41) is 4.02. The molecule has 2 fully saturated rings. The molecule has 1 N–H and O–H groups in total. The number of fused-ring (bicyclic) bond motifs is 2. The number of nitrogens with zero attached hydrogens (tertiary/aromatic N) is 3. The van der Waals surface area contributed by atoms with Crippen LogP contribution < -0.4 is 10.1 Å². The van der Waals surface area contributed by atoms with Crippen LogP contribution in [0.4, 0.5) is 15.9 Å². The second-order valence-corrected chi connectivity index (χ2v) is 10.0. The van der Waals surface area contributed by atoms with E-state index >= 15 is 0 Å². The summed E-state index contributed by atoms with van der Waals surface area (Å²) in [6.45, 7) is 6.02. The maximum atomic E-state index is 13.7. The lowest BCUT2D eigenvalue weighted by Gasteiger charge is -2.29. The van der Waals surface area contributed by atoms with E-state index in [1.54, 1.807) is 32.2 Å². The van der Waals surface area contributed by atoms with Gasteiger partial charge >= 0.3 is 0 Å². The third kappa shape index (κ3) is 4.91. The van der Waals surface area contributed by atoms with Crippen molar-refractivity contribution < 1.29 is 13.9 Å². The number of carbonyl (C=O) groups excluding carboxylic acids is 1. The number of benzene rings is 2. The molecule has 182 valence electrons. The van der Waals surface area contributed by atoms with Crippen LogP contribution in [0.15, 0.2) is 48.8 Å². The number of aromatic nitrogens is 2. The van der Waals surface area contributed by atoms with E-state index < -0.39 is 0 Å². The molecular formula is C28H31FN4O2. The molecule has 1 aliphatic carbocycles. The number of halogens is 1. The Hall–Kier alpha value is -3.32. The molecule has 1 aliphatic heterocycles. The van der Waals surface area contributed by atoms with Gasteiger partial charge in [-0.3, -0.25) is 9.69 Å². The van der Waals surface area contributed by atoms with E-state index in [2.05, 4.69) is 27.1 Å². The number of piperidine rings is 1. The van der Waals surface area contributed by atoms with Crippen molar-refractivity contribution in [2.45, 2.75) is 45.6 Å². The Bertz CT molecular complexity index is 1310. The molecule has 2 atom stereocenters. The first kappa shape index (κ1) is 23.4. The Morgan fingerprint density at radius 1 is 1.31 bits per heavy atom. The Labute approximate surface area is 205 Å². The standard InChI is InChI=1S/C28H31FN4O2/c1-18-12-20(7-8-23(18)29)32-27-22-14-19(25(35-3)15-24(22)30-17-31-27)13-21(34)6-4-10-33-11-5-9-28(2)16-26(28)33/h4,6-8,12,14-15,17,26H,5,9-11,13,16H2,1-3H3,(H,30,31,32)/b6-4+. The van der Waals surface area contributed by atoms with Crippen molar-refractivity contribution in [2.24, 2.45) is 5.41 Å². The first-order valence-corrected chi connectivity index (χ1v) is 12.1. The number of hydrogen-bond donors (Lipinski definition) is 1. The van der Waals surface area contributed by atoms with Crippen LogP contribution >= 0.6 is 0 Å². The van der Waals surface area contributed by atoms with Gasteiger partial charge in [0.1, 0.15) is 23.7 Å². The largest absolute Gasteiger partial charge is 0.496 e. The molecule has 2 aliphatic rings. The maximum Gasteiger partial charge on any atom is 0.159 e. The zero-order chi connectivity index (χ0) is 24.6. The summed E-state index contributed by atoms with van der Waals surface area (Å²) in [7, 11) is 1.59. The van der Waals surface area contributed by atoms with Crippen LogP contribution in [0.1, 0.15) is 37.3 Å². The van der Waals surface area contributed by atoms with E-state index in [1.807, 2.05) is 18.2 Å². The van der Waals surface area contributed by atoms with Gasteiger partial charge in [0.2, 0.25) is 0 Å². The fraction of sp³-hybridized carbons (Fsp3) is 0.393. The SMILES string of the molecule is COc1cc2ncnc(Nc3ccc(F)c(C)c3)c2cc1CC(=O)/C=C/CN1CCCC2(C)CC12. The Balaban J connectivity index is 1.33. The van der Waals surface area contributed by atoms with Crippen LogP contribution in [0.25, 0.3) is 10.9 Å². The third-order valence-corrected chi connectivity index (χ3v) is 7.40. The average Bonchev–Trinajstić information content (AvgIpc) is 3.54. The van der Waals surface area contributed by atoms with Gasteiger partial charge in [0.15, 0.2) is 5.78 Å². The second kappa shape index (κ2) is 9.38. The molecule has 0 spiro atoms. The Morgan fingerprint density at radius 2 is 2.17 bits per heavy atom. The summed E-state index contributed by atoms with van der Waals surface area (Å²) in [5.74, 6) is 0.976. The highest BCUT2D eigenvalue weighted by atomic mass is 19.1. The number of nitrogens with one attached hydrogen (secondary N) is 1. The lowest BCUT2D eigenvalue weighted by molar-refractivity contribution is -0.114. The summed E-state index contributed by atoms with van der Waals surface area (Å²) < 4.78 is 19.2. The fourth-order valence-electron chi connectivity index (χ4n) is 5.26. The number of hydrogen-bond acceptors (Lipinski definition) is 6. The van der Waals surface area contributed by atoms with Gasteiger partial charge in [0.05, 0.1) is 12.6 Å². The van der Waals surface area contributed by atoms with Gasteiger partial charge in [-0.05, 0) is 74.1 Å². The van der Waals surface area contributed by atoms with E-state index in [-0.39, 0.29) is 18.0 Å². The molecule has 0 bridgehead atoms. The van der Waals surface area contributed by atoms with Crippen LogP contribution in [0.3, 0.4) is 0 Å². The minimum absolute atomic E-state index is 0.0266. The van der Waals surface area contributed by atoms with Crippen molar-refractivity contribution in [3.63, 3.8) is 0 Å². The molecule has 1 saturated heterocycles. The number of allylic oxidation sites excluding steroid dienone is 1. The first-order chi connectivity index (χ1) is 16.9. The summed E-state index contributed by atoms with van der Waals surface area (Å²) in [5.41, 5.74) is 3.24. The van der Waals surface area contributed by atoms with E-state index in [1.165, 1.54) is 31.7 Å². The molecule has 3 aromatic rings. The summed E-state index contributed by atoms with van der Waals surface area (Å²) in [6.07, 6.45) is 9.21. The second-order valence-electron chi connectivity index (χ2n) is 10.0. The molecule has 35 heavy (non-hydrogen) atoms. The van der Waals surface area contributed by atoms with Crippen LogP contribution in [0.2, 0.25) is 0 Å². The number of likely N-dealkylation sites (tertiary alicyclic amines) is 1. The van der Waals surface area contributed by atoms with Gasteiger partial charge in [0.25, 0.3) is 0 Å². The Kier molecular flexibility index (Phi) is 6.28. The topological polar surface area (TPSA) is 67.4 Å². The highest BCUT2D eigenvalue weighted by molar-refractivity contribution is 5.96. The normalized spacial score (nSPS) is 21.8. The van der Waals surface area contributed by atoms with Gasteiger partial charge in [-0.1, -0.05) is 13.0 Å². The number of aryl methyl sites for hydroxylation is 1. The number of anilines is 2. The number of methoxy groups -OCH3 is 1. The summed E-state index contributed by atoms with van der Waals surface area (Å²) in [4.78, 5) is 24.1. The molecule has 1 saturated carbocycles. The van der Waals surface area contributed by atoms with E-state index in [0.717, 1.165) is 29.7 Å². The quantitative estimate of drug-likeness (QED) is 0.443. The van der Waals surface area contributed by atoms with Crippen molar-refractivity contribution in [3.05, 3.63) is 65.8 Å². The molecular weight excluding hydrogens is 443 g/mol. The van der Waals surface area contributed by atoms with E-state index in [4.69, 9.17) is 4.74 Å². The van der Waals surface area contributed by atoms with Gasteiger partial charge in [-0.25, -0.2) is 14.4 Å². The number of carbonyl (C=O) groups is 1. The van der Waals surface area contributed by atoms with Gasteiger partial charge in [0, 0.05) is 41.7 Å². The molecule has 2 heterocycles. The van der Waals surface area contributed by atoms with Crippen LogP contribution in [0, 0.1) is 18.2 Å². The highest BCUT2D eigenvalue weighted by Crippen LogP contribution is 2.55. The molecule has 0 amide bonds. The zero-order valence-electron chi connectivity index (χ0n) is 20.5. The summed E-state index contributed by atoms with van der Waals surface area (Å²) >= 11 is 0. The van der Waals surface area contributed by atoms with Crippen LogP contribution in [0.5, 0.6) is 5.75 Å². The summed E-state index contributed by atoms with van der Waals surface area (Å²) in [6, 6.07) is 9.22. The first-order valence-electron chi connectivity index (χ1n) is 12.1. The van der Waals surface area contributed by atoms with Crippen molar-refractivity contribution in [3.8, 4) is 5.75 Å². The molecule has 1 aromatic heterocycles. The van der Waals surface area contributed by atoms with Crippen molar-refractivity contribution in [1.82, 2.24) is 14.9 Å². The zero-order valence-corrected chi connectivity index (χ0v) is 20.5. The fourth-order valence-corrected chi connectivity index (χ4v) is 5.26. The smallest absolute Gasteiger partial charge is 0.159 e. The third-order valence-electron chi connectivity index (χ3n) is 7.40. The number of rotatable bonds is 8. The van der Waals surface area contributed by atoms with Gasteiger partial charge in [-0.2, -0.15) is 0 Å². The molecule has 5 rings (SSSR count). The van der Waals surface area contributed by atoms with Crippen molar-refractivity contribution in [1.29, 1.82) is 0 Å². The van der Waals surface area contributed by atoms with E-state index in [0.29, 0.717) is 34.1 Å². The molecule has 6 nitrogen and oxygen atoms in total. The lowest BCUT2D eigenvalue weighted by Crippen LogP contribution is -2.34. The van der Waals surface area contributed by atoms with Crippen molar-refractivity contribution in [2.75, 3.05) is 25.5 Å². The molecule has 2 unspecified atom stereocenters. The minimum Gasteiger partial charge on any atom is -0.496 e. The highest BCUT2D eigenvalue weighted by Gasteiger charge is 2.54. The number of ketones is 1. The number of ether oxygens (including phenoxy) is 1. The lowest BCUT2D eigenvalue weighted by atomic mass is 9.98. The van der Waals surface area contributed by atoms with Crippen LogP contribution in [-0.4, -0.2) is 46.9 Å². The van der Waals surface area contributed by atoms with Crippen LogP contribution in [-0.2, 0) is 11.2 Å². The van der Waals surface area contributed by atoms with E-state index in [9.17, 15) is 9.18 Å². The monoisotopic (exact) mass is 474 g/mol. The maximum absolute atomic E-state index is 13.7. The predicted molar refractivity (Wildman–Crippen MR) is 136 cm³/mol. The Morgan fingerprint density at radius 3 is 2.97 bits per heavy atom. The van der Waals surface area contributed by atoms with Crippen molar-refractivity contribution >= 4 is 28.2 Å². The van der Waals surface area contributed by atoms with Gasteiger partial charge in [-0.15, -0.1) is 0 Å². The molecule has 7 heteroatoms. The predicted octanol–water partition coefficient (Wildman–Crippen LogP) is 5.37. The molecule has 2 aromatic carbocycles. The average molecular weight is 475 g/mol. The van der Waals surface area contributed by atoms with Gasteiger partial charge < -0.3 is 10.1 Å².